The fourth-order valence-corrected chi connectivity index (χ4v) is 2.98. The van der Waals surface area contributed by atoms with E-state index in [0.29, 0.717) is 23.5 Å². The number of aliphatic hydroxyl groups excluding tert-OH is 2. The van der Waals surface area contributed by atoms with E-state index in [1.807, 2.05) is 39.8 Å². The van der Waals surface area contributed by atoms with Crippen LogP contribution in [0.4, 0.5) is 0 Å². The molecule has 0 aromatic heterocycles. The number of hydrogen-bond donors (Lipinski definition) is 4. The topological polar surface area (TPSA) is 112 Å². The molecule has 0 heterocycles. The molecule has 0 aromatic carbocycles. The first-order valence-electron chi connectivity index (χ1n) is 8.80. The van der Waals surface area contributed by atoms with Crippen LogP contribution in [0.25, 0.3) is 0 Å². The van der Waals surface area contributed by atoms with Crippen LogP contribution in [0.1, 0.15) is 40.5 Å². The van der Waals surface area contributed by atoms with Crippen molar-refractivity contribution in [2.45, 2.75) is 53.1 Å². The fraction of sp³-hybridized carbons (Fsp3) is 0.500. The van der Waals surface area contributed by atoms with Crippen molar-refractivity contribution in [3.8, 4) is 0 Å². The van der Waals surface area contributed by atoms with E-state index in [2.05, 4.69) is 6.08 Å². The first-order chi connectivity index (χ1) is 11.6. The van der Waals surface area contributed by atoms with Crippen molar-refractivity contribution in [3.63, 3.8) is 0 Å². The van der Waals surface area contributed by atoms with Gasteiger partial charge in [0, 0.05) is 24.1 Å². The average Bonchev–Trinajstić information content (AvgIpc) is 3.40. The van der Waals surface area contributed by atoms with Gasteiger partial charge >= 0.3 is 0 Å². The van der Waals surface area contributed by atoms with Gasteiger partial charge in [-0.2, -0.15) is 0 Å². The number of aliphatic hydroxyl groups is 4. The van der Waals surface area contributed by atoms with Crippen LogP contribution in [0.15, 0.2) is 58.7 Å². The Morgan fingerprint density at radius 3 is 2.00 bits per heavy atom. The molecule has 0 saturated heterocycles. The molecule has 3 rings (SSSR count). The smallest absolute Gasteiger partial charge is 0.178 e. The van der Waals surface area contributed by atoms with Gasteiger partial charge in [0.1, 0.15) is 0 Å². The van der Waals surface area contributed by atoms with E-state index in [9.17, 15) is 20.4 Å². The van der Waals surface area contributed by atoms with E-state index in [1.165, 1.54) is 5.57 Å². The van der Waals surface area contributed by atoms with Gasteiger partial charge in [-0.3, -0.25) is 0 Å². The van der Waals surface area contributed by atoms with Gasteiger partial charge in [0.2, 0.25) is 0 Å². The van der Waals surface area contributed by atoms with Crippen LogP contribution in [0.5, 0.6) is 0 Å². The minimum Gasteiger partial charge on any atom is -0.412 e. The second-order valence-electron chi connectivity index (χ2n) is 5.42. The van der Waals surface area contributed by atoms with Gasteiger partial charge in [0.15, 0.2) is 12.6 Å². The molecule has 0 aromatic rings. The summed E-state index contributed by atoms with van der Waals surface area (Å²) in [5.74, 6) is 0.594. The maximum Gasteiger partial charge on any atom is 0.178 e. The molecule has 6 N–H and O–H groups in total. The second kappa shape index (κ2) is 13.3. The largest absolute Gasteiger partial charge is 0.412 e. The van der Waals surface area contributed by atoms with Crippen molar-refractivity contribution in [1.29, 1.82) is 0 Å². The molecule has 3 aliphatic rings. The van der Waals surface area contributed by atoms with E-state index in [1.54, 1.807) is 18.2 Å². The minimum absolute atomic E-state index is 0. The van der Waals surface area contributed by atoms with Gasteiger partial charge in [-0.25, -0.2) is 0 Å². The van der Waals surface area contributed by atoms with Gasteiger partial charge < -0.3 is 25.9 Å². The maximum absolute atomic E-state index is 9.28. The van der Waals surface area contributed by atoms with Crippen LogP contribution in [0.2, 0.25) is 0 Å². The third-order valence-electron chi connectivity index (χ3n) is 4.15. The predicted octanol–water partition coefficient (Wildman–Crippen LogP) is 2.15. The SMILES string of the molecule is CC.CC.O.OC(O)C1=CCC=C(C2=CC=C(C(O)O)C3CC23)C=C1.[V]. The molecular weight excluding hydrogens is 371 g/mol. The van der Waals surface area contributed by atoms with Crippen molar-refractivity contribution in [3.05, 3.63) is 58.7 Å². The Morgan fingerprint density at radius 2 is 1.46 bits per heavy atom. The summed E-state index contributed by atoms with van der Waals surface area (Å²) in [5, 5.41) is 36.9. The van der Waals surface area contributed by atoms with Gasteiger partial charge in [0.25, 0.3) is 0 Å². The molecule has 3 aliphatic carbocycles. The number of allylic oxidation sites excluding steroid dienone is 7. The summed E-state index contributed by atoms with van der Waals surface area (Å²) in [6.45, 7) is 8.00. The van der Waals surface area contributed by atoms with Crippen molar-refractivity contribution in [2.75, 3.05) is 0 Å². The number of hydrogen-bond acceptors (Lipinski definition) is 4. The summed E-state index contributed by atoms with van der Waals surface area (Å²) < 4.78 is 0. The fourth-order valence-electron chi connectivity index (χ4n) is 2.98. The number of rotatable bonds is 3. The van der Waals surface area contributed by atoms with Crippen molar-refractivity contribution < 1.29 is 44.5 Å². The van der Waals surface area contributed by atoms with Crippen LogP contribution >= 0.6 is 0 Å². The molecule has 1 fully saturated rings. The molecular formula is C20H32O5V. The molecule has 147 valence electrons. The normalized spacial score (nSPS) is 22.4. The summed E-state index contributed by atoms with van der Waals surface area (Å²) in [4.78, 5) is 0. The standard InChI is InChI=1S/C16H18O4.2C2H6.H2O.V/c17-15(18)10-3-1-2-9(4-5-10)11-6-7-12(16(19)20)14-8-13(11)14;2*1-2;;/h2-7,13-20H,1,8H2;2*1-2H3;1H2;. The summed E-state index contributed by atoms with van der Waals surface area (Å²) in [7, 11) is 0. The van der Waals surface area contributed by atoms with Crippen molar-refractivity contribution in [1.82, 2.24) is 0 Å². The molecule has 0 aliphatic heterocycles. The van der Waals surface area contributed by atoms with Crippen molar-refractivity contribution >= 4 is 0 Å². The number of fused-ring (bicyclic) bond motifs is 1. The van der Waals surface area contributed by atoms with Crippen molar-refractivity contribution in [2.24, 2.45) is 11.8 Å². The van der Waals surface area contributed by atoms with Crippen LogP contribution < -0.4 is 0 Å². The third kappa shape index (κ3) is 6.67. The van der Waals surface area contributed by atoms with Crippen LogP contribution in [0.3, 0.4) is 0 Å². The third-order valence-corrected chi connectivity index (χ3v) is 4.15. The first-order valence-corrected chi connectivity index (χ1v) is 8.80. The Labute approximate surface area is 168 Å². The maximum atomic E-state index is 9.28. The van der Waals surface area contributed by atoms with Crippen LogP contribution in [-0.4, -0.2) is 38.5 Å². The summed E-state index contributed by atoms with van der Waals surface area (Å²) in [5.41, 5.74) is 3.47. The molecule has 1 radical (unpaired) electrons. The molecule has 2 unspecified atom stereocenters. The predicted molar refractivity (Wildman–Crippen MR) is 100 cm³/mol. The Morgan fingerprint density at radius 1 is 0.846 bits per heavy atom. The van der Waals surface area contributed by atoms with Gasteiger partial charge in [0.05, 0.1) is 0 Å². The summed E-state index contributed by atoms with van der Waals surface area (Å²) in [6, 6.07) is 0. The zero-order valence-electron chi connectivity index (χ0n) is 15.9. The zero-order chi connectivity index (χ0) is 18.3. The van der Waals surface area contributed by atoms with Gasteiger partial charge in [-0.1, -0.05) is 64.2 Å². The summed E-state index contributed by atoms with van der Waals surface area (Å²) in [6.07, 6.45) is 10.0. The molecule has 0 bridgehead atoms. The Hall–Kier alpha value is -0.916. The second-order valence-corrected chi connectivity index (χ2v) is 5.42. The van der Waals surface area contributed by atoms with Gasteiger partial charge in [-0.15, -0.1) is 0 Å². The van der Waals surface area contributed by atoms with Gasteiger partial charge in [-0.05, 0) is 41.4 Å². The molecule has 5 nitrogen and oxygen atoms in total. The monoisotopic (exact) mass is 403 g/mol. The summed E-state index contributed by atoms with van der Waals surface area (Å²) >= 11 is 0. The Balaban J connectivity index is 0. The molecule has 0 spiro atoms. The van der Waals surface area contributed by atoms with E-state index < -0.39 is 12.6 Å². The van der Waals surface area contributed by atoms with E-state index in [0.717, 1.165) is 12.0 Å². The molecule has 1 saturated carbocycles. The Bertz CT molecular complexity index is 571. The van der Waals surface area contributed by atoms with Crippen LogP contribution in [0, 0.1) is 11.8 Å². The zero-order valence-corrected chi connectivity index (χ0v) is 17.3. The van der Waals surface area contributed by atoms with E-state index in [4.69, 9.17) is 0 Å². The molecule has 0 amide bonds. The Kier molecular flexibility index (Phi) is 13.9. The molecule has 2 atom stereocenters. The van der Waals surface area contributed by atoms with Crippen LogP contribution in [-0.2, 0) is 18.6 Å². The minimum atomic E-state index is -1.44. The quantitative estimate of drug-likeness (QED) is 0.541. The first kappa shape index (κ1) is 27.3. The van der Waals surface area contributed by atoms with E-state index in [-0.39, 0.29) is 29.9 Å². The van der Waals surface area contributed by atoms with E-state index >= 15 is 0 Å². The average molecular weight is 403 g/mol. The molecule has 6 heteroatoms. The molecule has 26 heavy (non-hydrogen) atoms.